The first-order valence-electron chi connectivity index (χ1n) is 7.18. The molecular formula is C16H23N3. The molecule has 0 spiro atoms. The third-order valence-electron chi connectivity index (χ3n) is 3.78. The first kappa shape index (κ1) is 13.9. The van der Waals surface area contributed by atoms with Crippen molar-refractivity contribution in [3.8, 4) is 6.07 Å². The molecular weight excluding hydrogens is 234 g/mol. The number of hydrogen-bond acceptors (Lipinski definition) is 3. The SMILES string of the molecule is CC(C)N(CC1CCCNC1)c1cccc(C#N)c1. The monoisotopic (exact) mass is 257 g/mol. The smallest absolute Gasteiger partial charge is 0.0992 e. The summed E-state index contributed by atoms with van der Waals surface area (Å²) in [7, 11) is 0. The van der Waals surface area contributed by atoms with Gasteiger partial charge in [-0.15, -0.1) is 0 Å². The van der Waals surface area contributed by atoms with Crippen LogP contribution in [0.5, 0.6) is 0 Å². The van der Waals surface area contributed by atoms with Gasteiger partial charge in [0.15, 0.2) is 0 Å². The van der Waals surface area contributed by atoms with Crippen LogP contribution in [-0.2, 0) is 0 Å². The molecule has 1 heterocycles. The van der Waals surface area contributed by atoms with Crippen LogP contribution in [0.2, 0.25) is 0 Å². The van der Waals surface area contributed by atoms with E-state index >= 15 is 0 Å². The lowest BCUT2D eigenvalue weighted by Gasteiger charge is -2.34. The number of piperidine rings is 1. The van der Waals surface area contributed by atoms with Crippen LogP contribution < -0.4 is 10.2 Å². The van der Waals surface area contributed by atoms with E-state index < -0.39 is 0 Å². The van der Waals surface area contributed by atoms with E-state index in [1.54, 1.807) is 0 Å². The lowest BCUT2D eigenvalue weighted by molar-refractivity contribution is 0.371. The van der Waals surface area contributed by atoms with Gasteiger partial charge in [-0.3, -0.25) is 0 Å². The van der Waals surface area contributed by atoms with Crippen molar-refractivity contribution in [2.24, 2.45) is 5.92 Å². The van der Waals surface area contributed by atoms with Gasteiger partial charge < -0.3 is 10.2 Å². The van der Waals surface area contributed by atoms with E-state index in [-0.39, 0.29) is 0 Å². The fraction of sp³-hybridized carbons (Fsp3) is 0.562. The largest absolute Gasteiger partial charge is 0.369 e. The number of rotatable bonds is 4. The Labute approximate surface area is 116 Å². The molecule has 0 saturated carbocycles. The molecule has 0 radical (unpaired) electrons. The van der Waals surface area contributed by atoms with E-state index in [0.717, 1.165) is 25.2 Å². The van der Waals surface area contributed by atoms with Crippen molar-refractivity contribution < 1.29 is 0 Å². The van der Waals surface area contributed by atoms with E-state index in [4.69, 9.17) is 5.26 Å². The highest BCUT2D eigenvalue weighted by Gasteiger charge is 2.19. The number of anilines is 1. The van der Waals surface area contributed by atoms with Crippen molar-refractivity contribution in [1.82, 2.24) is 5.32 Å². The average Bonchev–Trinajstić information content (AvgIpc) is 2.45. The molecule has 3 nitrogen and oxygen atoms in total. The Morgan fingerprint density at radius 2 is 2.32 bits per heavy atom. The van der Waals surface area contributed by atoms with Gasteiger partial charge in [-0.1, -0.05) is 6.07 Å². The normalized spacial score (nSPS) is 19.2. The second-order valence-corrected chi connectivity index (χ2v) is 5.62. The molecule has 1 saturated heterocycles. The third-order valence-corrected chi connectivity index (χ3v) is 3.78. The maximum absolute atomic E-state index is 9.03. The quantitative estimate of drug-likeness (QED) is 0.901. The molecule has 3 heteroatoms. The molecule has 0 aromatic heterocycles. The van der Waals surface area contributed by atoms with Gasteiger partial charge in [-0.05, 0) is 63.9 Å². The number of nitrogens with one attached hydrogen (secondary N) is 1. The average molecular weight is 257 g/mol. The maximum Gasteiger partial charge on any atom is 0.0992 e. The Morgan fingerprint density at radius 3 is 2.95 bits per heavy atom. The Hall–Kier alpha value is -1.53. The van der Waals surface area contributed by atoms with Crippen LogP contribution in [-0.4, -0.2) is 25.7 Å². The molecule has 1 aromatic rings. The van der Waals surface area contributed by atoms with E-state index in [9.17, 15) is 0 Å². The van der Waals surface area contributed by atoms with Gasteiger partial charge in [-0.2, -0.15) is 5.26 Å². The van der Waals surface area contributed by atoms with Crippen molar-refractivity contribution in [2.75, 3.05) is 24.5 Å². The van der Waals surface area contributed by atoms with Crippen molar-refractivity contribution in [1.29, 1.82) is 5.26 Å². The molecule has 19 heavy (non-hydrogen) atoms. The zero-order valence-corrected chi connectivity index (χ0v) is 11.9. The maximum atomic E-state index is 9.03. The molecule has 1 aliphatic heterocycles. The zero-order chi connectivity index (χ0) is 13.7. The molecule has 1 N–H and O–H groups in total. The first-order chi connectivity index (χ1) is 9.20. The van der Waals surface area contributed by atoms with Crippen molar-refractivity contribution in [3.05, 3.63) is 29.8 Å². The molecule has 0 bridgehead atoms. The van der Waals surface area contributed by atoms with Gasteiger partial charge in [0.2, 0.25) is 0 Å². The molecule has 1 aliphatic rings. The molecule has 2 rings (SSSR count). The minimum Gasteiger partial charge on any atom is -0.369 e. The predicted octanol–water partition coefficient (Wildman–Crippen LogP) is 2.77. The van der Waals surface area contributed by atoms with Crippen molar-refractivity contribution in [2.45, 2.75) is 32.7 Å². The summed E-state index contributed by atoms with van der Waals surface area (Å²) < 4.78 is 0. The Morgan fingerprint density at radius 1 is 1.47 bits per heavy atom. The van der Waals surface area contributed by atoms with E-state index in [2.05, 4.69) is 36.2 Å². The predicted molar refractivity (Wildman–Crippen MR) is 79.2 cm³/mol. The molecule has 102 valence electrons. The summed E-state index contributed by atoms with van der Waals surface area (Å²) in [5, 5.41) is 12.5. The van der Waals surface area contributed by atoms with E-state index in [0.29, 0.717) is 12.0 Å². The summed E-state index contributed by atoms with van der Waals surface area (Å²) in [5.74, 6) is 0.710. The molecule has 1 atom stereocenters. The van der Waals surface area contributed by atoms with Crippen LogP contribution in [0.25, 0.3) is 0 Å². The fourth-order valence-electron chi connectivity index (χ4n) is 2.73. The zero-order valence-electron chi connectivity index (χ0n) is 11.9. The van der Waals surface area contributed by atoms with Crippen LogP contribution in [0.15, 0.2) is 24.3 Å². The summed E-state index contributed by atoms with van der Waals surface area (Å²) >= 11 is 0. The van der Waals surface area contributed by atoms with Crippen molar-refractivity contribution in [3.63, 3.8) is 0 Å². The van der Waals surface area contributed by atoms with Crippen LogP contribution in [0.4, 0.5) is 5.69 Å². The van der Waals surface area contributed by atoms with Gasteiger partial charge in [0.1, 0.15) is 0 Å². The number of hydrogen-bond donors (Lipinski definition) is 1. The minimum absolute atomic E-state index is 0.455. The lowest BCUT2D eigenvalue weighted by atomic mass is 9.98. The summed E-state index contributed by atoms with van der Waals surface area (Å²) in [4.78, 5) is 2.42. The highest BCUT2D eigenvalue weighted by atomic mass is 15.2. The molecule has 1 fully saturated rings. The van der Waals surface area contributed by atoms with Gasteiger partial charge in [-0.25, -0.2) is 0 Å². The molecule has 0 amide bonds. The summed E-state index contributed by atoms with van der Waals surface area (Å²) in [6.07, 6.45) is 2.57. The lowest BCUT2D eigenvalue weighted by Crippen LogP contribution is -2.41. The van der Waals surface area contributed by atoms with Crippen molar-refractivity contribution >= 4 is 5.69 Å². The van der Waals surface area contributed by atoms with Gasteiger partial charge in [0, 0.05) is 18.3 Å². The first-order valence-corrected chi connectivity index (χ1v) is 7.18. The second kappa shape index (κ2) is 6.58. The number of nitriles is 1. The van der Waals surface area contributed by atoms with E-state index in [1.807, 2.05) is 18.2 Å². The topological polar surface area (TPSA) is 39.1 Å². The van der Waals surface area contributed by atoms with Gasteiger partial charge in [0.25, 0.3) is 0 Å². The van der Waals surface area contributed by atoms with Crippen LogP contribution in [0, 0.1) is 17.2 Å². The summed E-state index contributed by atoms with van der Waals surface area (Å²) in [6.45, 7) is 7.77. The molecule has 1 unspecified atom stereocenters. The van der Waals surface area contributed by atoms with Gasteiger partial charge >= 0.3 is 0 Å². The minimum atomic E-state index is 0.455. The molecule has 0 aliphatic carbocycles. The number of benzene rings is 1. The third kappa shape index (κ3) is 3.71. The highest BCUT2D eigenvalue weighted by molar-refractivity contribution is 5.52. The van der Waals surface area contributed by atoms with Crippen LogP contribution >= 0.6 is 0 Å². The van der Waals surface area contributed by atoms with Crippen LogP contribution in [0.1, 0.15) is 32.3 Å². The number of nitrogens with zero attached hydrogens (tertiary/aromatic N) is 2. The highest BCUT2D eigenvalue weighted by Crippen LogP contribution is 2.22. The fourth-order valence-corrected chi connectivity index (χ4v) is 2.73. The van der Waals surface area contributed by atoms with Gasteiger partial charge in [0.05, 0.1) is 11.6 Å². The Kier molecular flexibility index (Phi) is 4.81. The summed E-state index contributed by atoms with van der Waals surface area (Å²) in [5.41, 5.74) is 1.91. The van der Waals surface area contributed by atoms with Crippen LogP contribution in [0.3, 0.4) is 0 Å². The Balaban J connectivity index is 2.12. The Bertz CT molecular complexity index is 442. The standard InChI is InChI=1S/C16H23N3/c1-13(2)19(12-15-6-4-8-18-11-15)16-7-3-5-14(9-16)10-17/h3,5,7,9,13,15,18H,4,6,8,11-12H2,1-2H3. The second-order valence-electron chi connectivity index (χ2n) is 5.62. The summed E-state index contributed by atoms with van der Waals surface area (Å²) in [6, 6.07) is 10.6. The molecule has 1 aromatic carbocycles. The van der Waals surface area contributed by atoms with E-state index in [1.165, 1.54) is 18.5 Å².